The Labute approximate surface area is 126 Å². The van der Waals surface area contributed by atoms with Gasteiger partial charge in [-0.05, 0) is 43.3 Å². The number of hydrogen-bond acceptors (Lipinski definition) is 3. The summed E-state index contributed by atoms with van der Waals surface area (Å²) in [7, 11) is 1.69. The molecule has 2 aliphatic rings. The van der Waals surface area contributed by atoms with Crippen LogP contribution in [0.2, 0.25) is 0 Å². The quantitative estimate of drug-likeness (QED) is 0.870. The molecule has 1 spiro atoms. The molecule has 0 bridgehead atoms. The summed E-state index contributed by atoms with van der Waals surface area (Å²) in [6.07, 6.45) is 3.26. The summed E-state index contributed by atoms with van der Waals surface area (Å²) in [4.78, 5) is 12.3. The number of ether oxygens (including phenoxy) is 1. The Kier molecular flexibility index (Phi) is 4.27. The van der Waals surface area contributed by atoms with Crippen molar-refractivity contribution in [2.24, 2.45) is 11.3 Å². The Morgan fingerprint density at radius 1 is 1.38 bits per heavy atom. The van der Waals surface area contributed by atoms with Gasteiger partial charge in [0, 0.05) is 19.6 Å². The van der Waals surface area contributed by atoms with Crippen LogP contribution in [0.4, 0.5) is 0 Å². The van der Waals surface area contributed by atoms with Crippen LogP contribution in [-0.4, -0.2) is 32.7 Å². The van der Waals surface area contributed by atoms with E-state index in [1.165, 1.54) is 0 Å². The lowest BCUT2D eigenvalue weighted by molar-refractivity contribution is -0.123. The van der Waals surface area contributed by atoms with E-state index in [0.717, 1.165) is 37.9 Å². The normalized spacial score (nSPS) is 24.5. The maximum Gasteiger partial charge on any atom is 0.223 e. The minimum absolute atomic E-state index is 0.0714. The zero-order valence-electron chi connectivity index (χ0n) is 12.6. The van der Waals surface area contributed by atoms with Gasteiger partial charge >= 0.3 is 0 Å². The number of piperidine rings is 1. The van der Waals surface area contributed by atoms with Crippen LogP contribution in [0, 0.1) is 11.3 Å². The molecule has 4 heteroatoms. The van der Waals surface area contributed by atoms with Crippen molar-refractivity contribution < 1.29 is 9.53 Å². The summed E-state index contributed by atoms with van der Waals surface area (Å²) in [5, 5.41) is 6.45. The van der Waals surface area contributed by atoms with Crippen LogP contribution < -0.4 is 10.6 Å². The van der Waals surface area contributed by atoms with Crippen LogP contribution in [0.5, 0.6) is 0 Å². The van der Waals surface area contributed by atoms with Gasteiger partial charge in [0.2, 0.25) is 5.91 Å². The van der Waals surface area contributed by atoms with Crippen LogP contribution in [0.15, 0.2) is 30.3 Å². The lowest BCUT2D eigenvalue weighted by Crippen LogP contribution is -2.35. The molecule has 1 aromatic rings. The molecule has 21 heavy (non-hydrogen) atoms. The SMILES string of the molecule is COC(CNC(=O)C1CC12CCNCC2)c1ccccc1. The molecule has 1 saturated heterocycles. The van der Waals surface area contributed by atoms with E-state index in [0.29, 0.717) is 12.0 Å². The number of rotatable bonds is 5. The molecule has 1 heterocycles. The highest BCUT2D eigenvalue weighted by molar-refractivity contribution is 5.82. The summed E-state index contributed by atoms with van der Waals surface area (Å²) in [5.41, 5.74) is 1.40. The summed E-state index contributed by atoms with van der Waals surface area (Å²) in [6, 6.07) is 10.0. The molecule has 0 aromatic heterocycles. The maximum atomic E-state index is 12.3. The first-order chi connectivity index (χ1) is 10.2. The molecule has 4 nitrogen and oxygen atoms in total. The molecule has 3 rings (SSSR count). The highest BCUT2D eigenvalue weighted by atomic mass is 16.5. The number of hydrogen-bond donors (Lipinski definition) is 2. The predicted molar refractivity (Wildman–Crippen MR) is 81.8 cm³/mol. The number of benzene rings is 1. The average Bonchev–Trinajstić information content (AvgIpc) is 3.23. The first-order valence-electron chi connectivity index (χ1n) is 7.81. The Bertz CT molecular complexity index is 483. The van der Waals surface area contributed by atoms with Crippen molar-refractivity contribution in [2.75, 3.05) is 26.7 Å². The molecule has 2 unspecified atom stereocenters. The number of methoxy groups -OCH3 is 1. The van der Waals surface area contributed by atoms with Crippen LogP contribution in [0.25, 0.3) is 0 Å². The lowest BCUT2D eigenvalue weighted by atomic mass is 9.92. The van der Waals surface area contributed by atoms with E-state index >= 15 is 0 Å². The van der Waals surface area contributed by atoms with Crippen molar-refractivity contribution in [1.82, 2.24) is 10.6 Å². The molecule has 2 N–H and O–H groups in total. The first kappa shape index (κ1) is 14.5. The summed E-state index contributed by atoms with van der Waals surface area (Å²) >= 11 is 0. The van der Waals surface area contributed by atoms with Gasteiger partial charge in [-0.15, -0.1) is 0 Å². The Balaban J connectivity index is 1.52. The van der Waals surface area contributed by atoms with Crippen molar-refractivity contribution in [1.29, 1.82) is 0 Å². The molecule has 1 aromatic carbocycles. The summed E-state index contributed by atoms with van der Waals surface area (Å²) in [5.74, 6) is 0.419. The molecule has 1 aliphatic carbocycles. The highest BCUT2D eigenvalue weighted by Gasteiger charge is 2.57. The summed E-state index contributed by atoms with van der Waals surface area (Å²) in [6.45, 7) is 2.65. The van der Waals surface area contributed by atoms with Crippen molar-refractivity contribution in [2.45, 2.75) is 25.4 Å². The van der Waals surface area contributed by atoms with Gasteiger partial charge in [-0.25, -0.2) is 0 Å². The van der Waals surface area contributed by atoms with E-state index in [2.05, 4.69) is 10.6 Å². The second-order valence-corrected chi connectivity index (χ2v) is 6.25. The van der Waals surface area contributed by atoms with Crippen molar-refractivity contribution in [3.05, 3.63) is 35.9 Å². The third-order valence-electron chi connectivity index (χ3n) is 5.02. The van der Waals surface area contributed by atoms with Gasteiger partial charge in [-0.2, -0.15) is 0 Å². The fourth-order valence-electron chi connectivity index (χ4n) is 3.52. The third kappa shape index (κ3) is 3.11. The second kappa shape index (κ2) is 6.16. The third-order valence-corrected chi connectivity index (χ3v) is 5.02. The van der Waals surface area contributed by atoms with Crippen LogP contribution >= 0.6 is 0 Å². The molecule has 1 aliphatic heterocycles. The smallest absolute Gasteiger partial charge is 0.223 e. The van der Waals surface area contributed by atoms with E-state index in [1.807, 2.05) is 30.3 Å². The minimum atomic E-state index is -0.0714. The molecule has 0 radical (unpaired) electrons. The van der Waals surface area contributed by atoms with E-state index in [4.69, 9.17) is 4.74 Å². The number of nitrogens with one attached hydrogen (secondary N) is 2. The minimum Gasteiger partial charge on any atom is -0.375 e. The number of carbonyl (C=O) groups is 1. The van der Waals surface area contributed by atoms with Crippen molar-refractivity contribution >= 4 is 5.91 Å². The van der Waals surface area contributed by atoms with Crippen molar-refractivity contribution in [3.63, 3.8) is 0 Å². The van der Waals surface area contributed by atoms with Gasteiger partial charge < -0.3 is 15.4 Å². The molecule has 2 fully saturated rings. The van der Waals surface area contributed by atoms with E-state index in [9.17, 15) is 4.79 Å². The molecule has 2 atom stereocenters. The molecular formula is C17H24N2O2. The predicted octanol–water partition coefficient (Wildman–Crippen LogP) is 1.88. The van der Waals surface area contributed by atoms with Gasteiger partial charge in [0.15, 0.2) is 0 Å². The molecular weight excluding hydrogens is 264 g/mol. The maximum absolute atomic E-state index is 12.3. The van der Waals surface area contributed by atoms with E-state index < -0.39 is 0 Å². The largest absolute Gasteiger partial charge is 0.375 e. The summed E-state index contributed by atoms with van der Waals surface area (Å²) < 4.78 is 5.50. The van der Waals surface area contributed by atoms with E-state index in [1.54, 1.807) is 7.11 Å². The van der Waals surface area contributed by atoms with Crippen LogP contribution in [0.1, 0.15) is 30.9 Å². The molecule has 1 saturated carbocycles. The topological polar surface area (TPSA) is 50.4 Å². The first-order valence-corrected chi connectivity index (χ1v) is 7.81. The average molecular weight is 288 g/mol. The lowest BCUT2D eigenvalue weighted by Gasteiger charge is -2.23. The fraction of sp³-hybridized carbons (Fsp3) is 0.588. The Hall–Kier alpha value is -1.39. The second-order valence-electron chi connectivity index (χ2n) is 6.25. The van der Waals surface area contributed by atoms with Crippen LogP contribution in [-0.2, 0) is 9.53 Å². The highest BCUT2D eigenvalue weighted by Crippen LogP contribution is 2.58. The standard InChI is InChI=1S/C17H24N2O2/c1-21-15(13-5-3-2-4-6-13)12-19-16(20)14-11-17(14)7-9-18-10-8-17/h2-6,14-15,18H,7-12H2,1H3,(H,19,20). The fourth-order valence-corrected chi connectivity index (χ4v) is 3.52. The zero-order chi connectivity index (χ0) is 14.7. The van der Waals surface area contributed by atoms with Gasteiger partial charge in [0.25, 0.3) is 0 Å². The van der Waals surface area contributed by atoms with Crippen molar-refractivity contribution in [3.8, 4) is 0 Å². The number of amides is 1. The zero-order valence-corrected chi connectivity index (χ0v) is 12.6. The van der Waals surface area contributed by atoms with Gasteiger partial charge in [0.1, 0.15) is 0 Å². The van der Waals surface area contributed by atoms with Crippen LogP contribution in [0.3, 0.4) is 0 Å². The number of carbonyl (C=O) groups excluding carboxylic acids is 1. The molecule has 114 valence electrons. The monoisotopic (exact) mass is 288 g/mol. The molecule has 1 amide bonds. The van der Waals surface area contributed by atoms with Gasteiger partial charge in [0.05, 0.1) is 6.10 Å². The Morgan fingerprint density at radius 3 is 2.76 bits per heavy atom. The van der Waals surface area contributed by atoms with Gasteiger partial charge in [-0.1, -0.05) is 30.3 Å². The Morgan fingerprint density at radius 2 is 2.10 bits per heavy atom. The van der Waals surface area contributed by atoms with E-state index in [-0.39, 0.29) is 17.9 Å². The van der Waals surface area contributed by atoms with Gasteiger partial charge in [-0.3, -0.25) is 4.79 Å².